The molecule has 4 nitrogen and oxygen atoms in total. The van der Waals surface area contributed by atoms with Crippen molar-refractivity contribution in [2.45, 2.75) is 64.2 Å². The molecule has 0 bridgehead atoms. The van der Waals surface area contributed by atoms with Gasteiger partial charge in [-0.2, -0.15) is 4.31 Å². The van der Waals surface area contributed by atoms with Gasteiger partial charge in [-0.1, -0.05) is 70.5 Å². The number of aliphatic hydroxyl groups is 1. The maximum Gasteiger partial charge on any atom is 0.243 e. The molecule has 6 heteroatoms. The van der Waals surface area contributed by atoms with E-state index in [1.54, 1.807) is 28.6 Å². The van der Waals surface area contributed by atoms with E-state index in [0.29, 0.717) is 31.0 Å². The fourth-order valence-corrected chi connectivity index (χ4v) is 5.45. The number of benzene rings is 2. The second-order valence-electron chi connectivity index (χ2n) is 9.98. The Labute approximate surface area is 199 Å². The Morgan fingerprint density at radius 2 is 1.53 bits per heavy atom. The molecular formula is C26H38ClNO3S. The summed E-state index contributed by atoms with van der Waals surface area (Å²) in [6, 6.07) is 15.0. The molecule has 0 aliphatic rings. The maximum absolute atomic E-state index is 13.4. The molecule has 0 fully saturated rings. The van der Waals surface area contributed by atoms with Gasteiger partial charge in [0.2, 0.25) is 10.0 Å². The zero-order valence-electron chi connectivity index (χ0n) is 20.0. The predicted octanol–water partition coefficient (Wildman–Crippen LogP) is 5.92. The lowest BCUT2D eigenvalue weighted by molar-refractivity contribution is 0.249. The topological polar surface area (TPSA) is 57.6 Å². The van der Waals surface area contributed by atoms with Crippen LogP contribution >= 0.6 is 11.6 Å². The maximum atomic E-state index is 13.4. The molecule has 178 valence electrons. The molecule has 2 atom stereocenters. The normalized spacial score (nSPS) is 14.5. The smallest absolute Gasteiger partial charge is 0.243 e. The molecule has 2 aromatic carbocycles. The van der Waals surface area contributed by atoms with Crippen molar-refractivity contribution in [3.05, 3.63) is 64.7 Å². The highest BCUT2D eigenvalue weighted by Gasteiger charge is 2.26. The minimum Gasteiger partial charge on any atom is -0.396 e. The van der Waals surface area contributed by atoms with E-state index in [2.05, 4.69) is 52.0 Å². The number of hydrogen-bond donors (Lipinski definition) is 1. The first-order valence-corrected chi connectivity index (χ1v) is 13.2. The van der Waals surface area contributed by atoms with Gasteiger partial charge in [0.15, 0.2) is 0 Å². The summed E-state index contributed by atoms with van der Waals surface area (Å²) in [5.74, 6) is 0.411. The second kappa shape index (κ2) is 11.6. The van der Waals surface area contributed by atoms with Crippen LogP contribution in [0.2, 0.25) is 5.02 Å². The first-order chi connectivity index (χ1) is 14.9. The van der Waals surface area contributed by atoms with Crippen LogP contribution in [0.25, 0.3) is 0 Å². The van der Waals surface area contributed by atoms with E-state index < -0.39 is 10.0 Å². The van der Waals surface area contributed by atoms with Crippen LogP contribution < -0.4 is 0 Å². The van der Waals surface area contributed by atoms with Crippen molar-refractivity contribution >= 4 is 21.6 Å². The van der Waals surface area contributed by atoms with Crippen molar-refractivity contribution in [1.29, 1.82) is 0 Å². The van der Waals surface area contributed by atoms with Crippen molar-refractivity contribution < 1.29 is 13.5 Å². The minimum atomic E-state index is -3.63. The summed E-state index contributed by atoms with van der Waals surface area (Å²) in [7, 11) is -3.63. The van der Waals surface area contributed by atoms with Crippen LogP contribution in [0.4, 0.5) is 0 Å². The fourth-order valence-electron chi connectivity index (χ4n) is 3.75. The highest BCUT2D eigenvalue weighted by molar-refractivity contribution is 7.89. The fraction of sp³-hybridized carbons (Fsp3) is 0.538. The molecule has 0 saturated heterocycles. The van der Waals surface area contributed by atoms with Crippen LogP contribution in [0.15, 0.2) is 53.4 Å². The minimum absolute atomic E-state index is 0.110. The first-order valence-electron chi connectivity index (χ1n) is 11.4. The van der Waals surface area contributed by atoms with Gasteiger partial charge in [-0.05, 0) is 71.9 Å². The number of sulfonamides is 1. The molecule has 2 unspecified atom stereocenters. The van der Waals surface area contributed by atoms with E-state index in [-0.39, 0.29) is 28.8 Å². The highest BCUT2D eigenvalue weighted by atomic mass is 35.5. The summed E-state index contributed by atoms with van der Waals surface area (Å²) < 4.78 is 28.4. The van der Waals surface area contributed by atoms with E-state index in [1.165, 1.54) is 11.1 Å². The SMILES string of the molecule is CC(CCO)CCN(CC(C)Cc1ccc(C(C)(C)C)cc1)S(=O)(=O)c1ccc(Cl)cc1. The Morgan fingerprint density at radius 3 is 2.06 bits per heavy atom. The van der Waals surface area contributed by atoms with E-state index in [0.717, 1.165) is 6.42 Å². The summed E-state index contributed by atoms with van der Waals surface area (Å²) >= 11 is 5.96. The van der Waals surface area contributed by atoms with Crippen LogP contribution in [-0.2, 0) is 21.9 Å². The number of halogens is 1. The summed E-state index contributed by atoms with van der Waals surface area (Å²) in [4.78, 5) is 0.262. The molecule has 1 N–H and O–H groups in total. The molecule has 0 aromatic heterocycles. The largest absolute Gasteiger partial charge is 0.396 e. The number of hydrogen-bond acceptors (Lipinski definition) is 3. The molecule has 2 aromatic rings. The zero-order chi connectivity index (χ0) is 23.9. The van der Waals surface area contributed by atoms with Crippen LogP contribution in [0.1, 0.15) is 58.6 Å². The van der Waals surface area contributed by atoms with Crippen LogP contribution in [-0.4, -0.2) is 37.5 Å². The quantitative estimate of drug-likeness (QED) is 0.435. The molecule has 0 saturated carbocycles. The Morgan fingerprint density at radius 1 is 0.938 bits per heavy atom. The third-order valence-electron chi connectivity index (χ3n) is 5.86. The van der Waals surface area contributed by atoms with Gasteiger partial charge < -0.3 is 5.11 Å². The van der Waals surface area contributed by atoms with E-state index in [4.69, 9.17) is 11.6 Å². The molecule has 0 aliphatic heterocycles. The van der Waals surface area contributed by atoms with Crippen LogP contribution in [0, 0.1) is 11.8 Å². The third-order valence-corrected chi connectivity index (χ3v) is 8.00. The lowest BCUT2D eigenvalue weighted by atomic mass is 9.86. The van der Waals surface area contributed by atoms with Gasteiger partial charge >= 0.3 is 0 Å². The van der Waals surface area contributed by atoms with Gasteiger partial charge in [-0.15, -0.1) is 0 Å². The van der Waals surface area contributed by atoms with Crippen molar-refractivity contribution in [2.24, 2.45) is 11.8 Å². The molecule has 0 heterocycles. The highest BCUT2D eigenvalue weighted by Crippen LogP contribution is 2.25. The molecule has 0 aliphatic carbocycles. The Hall–Kier alpha value is -1.40. The molecule has 0 spiro atoms. The molecular weight excluding hydrogens is 442 g/mol. The Kier molecular flexibility index (Phi) is 9.77. The first kappa shape index (κ1) is 26.8. The summed E-state index contributed by atoms with van der Waals surface area (Å²) in [5.41, 5.74) is 2.61. The molecule has 32 heavy (non-hydrogen) atoms. The van der Waals surface area contributed by atoms with Crippen molar-refractivity contribution in [3.8, 4) is 0 Å². The molecule has 2 rings (SSSR count). The predicted molar refractivity (Wildman–Crippen MR) is 134 cm³/mol. The number of aliphatic hydroxyl groups excluding tert-OH is 1. The summed E-state index contributed by atoms with van der Waals surface area (Å²) in [6.07, 6.45) is 2.19. The Bertz CT molecular complexity index is 935. The number of rotatable bonds is 11. The average Bonchev–Trinajstić information content (AvgIpc) is 2.71. The van der Waals surface area contributed by atoms with Crippen LogP contribution in [0.3, 0.4) is 0 Å². The molecule has 0 amide bonds. The van der Waals surface area contributed by atoms with Crippen molar-refractivity contribution in [2.75, 3.05) is 19.7 Å². The zero-order valence-corrected chi connectivity index (χ0v) is 21.6. The lowest BCUT2D eigenvalue weighted by Gasteiger charge is -2.27. The van der Waals surface area contributed by atoms with Gasteiger partial charge in [0, 0.05) is 24.7 Å². The van der Waals surface area contributed by atoms with Gasteiger partial charge in [-0.3, -0.25) is 0 Å². The van der Waals surface area contributed by atoms with E-state index in [1.807, 2.05) is 6.92 Å². The Balaban J connectivity index is 2.16. The van der Waals surface area contributed by atoms with Gasteiger partial charge in [0.1, 0.15) is 0 Å². The van der Waals surface area contributed by atoms with Gasteiger partial charge in [0.25, 0.3) is 0 Å². The van der Waals surface area contributed by atoms with E-state index >= 15 is 0 Å². The molecule has 0 radical (unpaired) electrons. The van der Waals surface area contributed by atoms with E-state index in [9.17, 15) is 13.5 Å². The van der Waals surface area contributed by atoms with Gasteiger partial charge in [-0.25, -0.2) is 8.42 Å². The van der Waals surface area contributed by atoms with Crippen molar-refractivity contribution in [3.63, 3.8) is 0 Å². The van der Waals surface area contributed by atoms with Crippen LogP contribution in [0.5, 0.6) is 0 Å². The lowest BCUT2D eigenvalue weighted by Crippen LogP contribution is -2.36. The summed E-state index contributed by atoms with van der Waals surface area (Å²) in [5, 5.41) is 9.71. The summed E-state index contributed by atoms with van der Waals surface area (Å²) in [6.45, 7) is 11.7. The monoisotopic (exact) mass is 479 g/mol. The van der Waals surface area contributed by atoms with Gasteiger partial charge in [0.05, 0.1) is 4.90 Å². The average molecular weight is 480 g/mol. The standard InChI is InChI=1S/C26H38ClNO3S/c1-20(15-17-29)14-16-28(32(30,31)25-12-10-24(27)11-13-25)19-21(2)18-22-6-8-23(9-7-22)26(3,4)5/h6-13,20-21,29H,14-19H2,1-5H3. The second-order valence-corrected chi connectivity index (χ2v) is 12.4. The van der Waals surface area contributed by atoms with Crippen molar-refractivity contribution in [1.82, 2.24) is 4.31 Å². The third kappa shape index (κ3) is 7.87. The number of nitrogens with zero attached hydrogens (tertiary/aromatic N) is 1.